The van der Waals surface area contributed by atoms with E-state index in [2.05, 4.69) is 20.3 Å². The van der Waals surface area contributed by atoms with Crippen LogP contribution >= 0.6 is 11.3 Å². The van der Waals surface area contributed by atoms with Crippen LogP contribution in [0.5, 0.6) is 0 Å². The number of hydrogen-bond acceptors (Lipinski definition) is 7. The van der Waals surface area contributed by atoms with E-state index < -0.39 is 10.0 Å². The van der Waals surface area contributed by atoms with Crippen molar-refractivity contribution < 1.29 is 8.42 Å². The van der Waals surface area contributed by atoms with E-state index in [-0.39, 0.29) is 5.03 Å². The number of aryl methyl sites for hydroxylation is 1. The number of hydrogen-bond donors (Lipinski definition) is 1. The molecule has 0 atom stereocenters. The van der Waals surface area contributed by atoms with Crippen LogP contribution in [0.4, 0.5) is 10.9 Å². The summed E-state index contributed by atoms with van der Waals surface area (Å²) >= 11 is 1.53. The molecule has 0 spiro atoms. The third-order valence-corrected chi connectivity index (χ3v) is 7.30. The van der Waals surface area contributed by atoms with Crippen LogP contribution in [0.25, 0.3) is 0 Å². The minimum Gasteiger partial charge on any atom is -0.339 e. The van der Waals surface area contributed by atoms with Gasteiger partial charge in [-0.3, -0.25) is 0 Å². The van der Waals surface area contributed by atoms with E-state index in [1.807, 2.05) is 23.6 Å². The summed E-state index contributed by atoms with van der Waals surface area (Å²) in [7, 11) is -1.74. The summed E-state index contributed by atoms with van der Waals surface area (Å²) in [6.07, 6.45) is 7.29. The topological polar surface area (TPSA) is 93.0 Å². The number of rotatable bonds is 6. The molecule has 1 aliphatic heterocycles. The van der Waals surface area contributed by atoms with Crippen LogP contribution in [-0.2, 0) is 23.5 Å². The Kier molecular flexibility index (Phi) is 5.42. The van der Waals surface area contributed by atoms with Crippen LogP contribution in [0.1, 0.15) is 18.5 Å². The average molecular weight is 419 g/mol. The maximum Gasteiger partial charge on any atom is 0.262 e. The number of anilines is 2. The molecule has 0 amide bonds. The van der Waals surface area contributed by atoms with Gasteiger partial charge in [0.25, 0.3) is 10.0 Å². The highest BCUT2D eigenvalue weighted by Gasteiger charge is 2.31. The zero-order valence-electron chi connectivity index (χ0n) is 15.5. The summed E-state index contributed by atoms with van der Waals surface area (Å²) in [5, 5.41) is 6.06. The molecule has 8 nitrogen and oxygen atoms in total. The van der Waals surface area contributed by atoms with E-state index in [4.69, 9.17) is 0 Å². The highest BCUT2D eigenvalue weighted by atomic mass is 32.2. The monoisotopic (exact) mass is 418 g/mol. The molecule has 3 aromatic rings. The molecule has 0 aliphatic carbocycles. The smallest absolute Gasteiger partial charge is 0.262 e. The van der Waals surface area contributed by atoms with Crippen LogP contribution < -0.4 is 5.32 Å². The van der Waals surface area contributed by atoms with Gasteiger partial charge >= 0.3 is 0 Å². The molecule has 4 rings (SSSR count). The number of imidazole rings is 1. The number of piperidine rings is 1. The third kappa shape index (κ3) is 4.23. The van der Waals surface area contributed by atoms with Crippen molar-refractivity contribution in [3.8, 4) is 0 Å². The Balaban J connectivity index is 1.36. The lowest BCUT2D eigenvalue weighted by Crippen LogP contribution is -2.39. The van der Waals surface area contributed by atoms with E-state index >= 15 is 0 Å². The van der Waals surface area contributed by atoms with Gasteiger partial charge < -0.3 is 9.88 Å². The summed E-state index contributed by atoms with van der Waals surface area (Å²) in [5.41, 5.74) is 1.01. The van der Waals surface area contributed by atoms with Gasteiger partial charge in [0.05, 0.1) is 6.33 Å². The zero-order valence-corrected chi connectivity index (χ0v) is 17.2. The van der Waals surface area contributed by atoms with E-state index in [0.717, 1.165) is 35.9 Å². The second kappa shape index (κ2) is 7.98. The Labute approximate surface area is 168 Å². The van der Waals surface area contributed by atoms with Crippen molar-refractivity contribution >= 4 is 32.3 Å². The fourth-order valence-electron chi connectivity index (χ4n) is 3.36. The number of pyridine rings is 1. The fraction of sp³-hybridized carbons (Fsp3) is 0.389. The largest absolute Gasteiger partial charge is 0.339 e. The fourth-order valence-corrected chi connectivity index (χ4v) is 5.33. The van der Waals surface area contributed by atoms with Gasteiger partial charge in [-0.25, -0.2) is 23.4 Å². The van der Waals surface area contributed by atoms with Gasteiger partial charge in [0.15, 0.2) is 10.2 Å². The first-order valence-electron chi connectivity index (χ1n) is 9.11. The summed E-state index contributed by atoms with van der Waals surface area (Å²) in [4.78, 5) is 12.9. The maximum atomic E-state index is 12.7. The Morgan fingerprint density at radius 1 is 1.25 bits per heavy atom. The van der Waals surface area contributed by atoms with Crippen molar-refractivity contribution in [2.45, 2.75) is 24.3 Å². The van der Waals surface area contributed by atoms with Crippen molar-refractivity contribution in [1.82, 2.24) is 23.8 Å². The first-order chi connectivity index (χ1) is 13.5. The van der Waals surface area contributed by atoms with Crippen LogP contribution in [0.3, 0.4) is 0 Å². The van der Waals surface area contributed by atoms with Crippen molar-refractivity contribution in [3.05, 3.63) is 48.0 Å². The lowest BCUT2D eigenvalue weighted by atomic mass is 9.93. The number of nitrogens with zero attached hydrogens (tertiary/aromatic N) is 5. The van der Waals surface area contributed by atoms with Crippen molar-refractivity contribution in [2.24, 2.45) is 13.0 Å². The molecule has 148 valence electrons. The quantitative estimate of drug-likeness (QED) is 0.662. The SMILES string of the molecule is Cn1cnc(S(=O)(=O)N2CCC(Cc3cccc(Nc4nccs4)n3)CC2)c1. The molecule has 3 aromatic heterocycles. The van der Waals surface area contributed by atoms with Gasteiger partial charge in [0.1, 0.15) is 5.82 Å². The first kappa shape index (κ1) is 19.0. The molecule has 0 aromatic carbocycles. The van der Waals surface area contributed by atoms with Crippen LogP contribution in [-0.4, -0.2) is 45.3 Å². The van der Waals surface area contributed by atoms with Gasteiger partial charge in [0.2, 0.25) is 0 Å². The van der Waals surface area contributed by atoms with Gasteiger partial charge in [-0.1, -0.05) is 6.07 Å². The number of nitrogens with one attached hydrogen (secondary N) is 1. The van der Waals surface area contributed by atoms with E-state index in [9.17, 15) is 8.42 Å². The van der Waals surface area contributed by atoms with E-state index in [1.54, 1.807) is 28.3 Å². The predicted octanol–water partition coefficient (Wildman–Crippen LogP) is 2.66. The summed E-state index contributed by atoms with van der Waals surface area (Å²) in [6, 6.07) is 5.93. The standard InChI is InChI=1S/C18H22N6O2S2/c1-23-12-17(20-13-23)28(25,26)24-8-5-14(6-9-24)11-15-3-2-4-16(21-15)22-18-19-7-10-27-18/h2-4,7,10,12-14H,5-6,8-9,11H2,1H3,(H,19,21,22). The highest BCUT2D eigenvalue weighted by Crippen LogP contribution is 2.26. The normalized spacial score (nSPS) is 16.3. The Morgan fingerprint density at radius 2 is 2.07 bits per heavy atom. The number of sulfonamides is 1. The molecule has 0 radical (unpaired) electrons. The average Bonchev–Trinajstić information content (AvgIpc) is 3.34. The van der Waals surface area contributed by atoms with Crippen LogP contribution in [0.15, 0.2) is 47.3 Å². The lowest BCUT2D eigenvalue weighted by Gasteiger charge is -2.30. The second-order valence-electron chi connectivity index (χ2n) is 6.91. The molecule has 1 fully saturated rings. The zero-order chi connectivity index (χ0) is 19.6. The van der Waals surface area contributed by atoms with Crippen molar-refractivity contribution in [3.63, 3.8) is 0 Å². The minimum absolute atomic E-state index is 0.121. The number of aromatic nitrogens is 4. The summed E-state index contributed by atoms with van der Waals surface area (Å²) in [5.74, 6) is 1.19. The molecule has 1 saturated heterocycles. The lowest BCUT2D eigenvalue weighted by molar-refractivity contribution is 0.271. The second-order valence-corrected chi connectivity index (χ2v) is 9.68. The van der Waals surface area contributed by atoms with E-state index in [1.165, 1.54) is 17.7 Å². The van der Waals surface area contributed by atoms with Crippen LogP contribution in [0, 0.1) is 5.92 Å². The molecule has 0 unspecified atom stereocenters. The molecule has 0 bridgehead atoms. The Hall–Kier alpha value is -2.30. The minimum atomic E-state index is -3.50. The molecule has 0 saturated carbocycles. The highest BCUT2D eigenvalue weighted by molar-refractivity contribution is 7.89. The summed E-state index contributed by atoms with van der Waals surface area (Å²) < 4.78 is 28.6. The molecule has 1 aliphatic rings. The van der Waals surface area contributed by atoms with Gasteiger partial charge in [-0.15, -0.1) is 11.3 Å². The Bertz CT molecular complexity index is 1020. The summed E-state index contributed by atoms with van der Waals surface area (Å²) in [6.45, 7) is 1.03. The third-order valence-electron chi connectivity index (χ3n) is 4.83. The first-order valence-corrected chi connectivity index (χ1v) is 11.4. The number of thiazole rings is 1. The van der Waals surface area contributed by atoms with Gasteiger partial charge in [-0.2, -0.15) is 4.31 Å². The Morgan fingerprint density at radius 3 is 2.75 bits per heavy atom. The van der Waals surface area contributed by atoms with Gasteiger partial charge in [0, 0.05) is 43.6 Å². The van der Waals surface area contributed by atoms with Crippen molar-refractivity contribution in [1.29, 1.82) is 0 Å². The maximum absolute atomic E-state index is 12.7. The van der Waals surface area contributed by atoms with Crippen molar-refractivity contribution in [2.75, 3.05) is 18.4 Å². The van der Waals surface area contributed by atoms with Crippen LogP contribution in [0.2, 0.25) is 0 Å². The van der Waals surface area contributed by atoms with E-state index in [0.29, 0.717) is 19.0 Å². The molecular formula is C18H22N6O2S2. The molecule has 4 heterocycles. The molecule has 28 heavy (non-hydrogen) atoms. The molecular weight excluding hydrogens is 396 g/mol. The molecule has 10 heteroatoms. The predicted molar refractivity (Wildman–Crippen MR) is 108 cm³/mol. The molecule has 1 N–H and O–H groups in total. The van der Waals surface area contributed by atoms with Gasteiger partial charge in [-0.05, 0) is 37.3 Å².